The van der Waals surface area contributed by atoms with Crippen molar-refractivity contribution < 1.29 is 9.47 Å². The topological polar surface area (TPSA) is 56.5 Å². The maximum atomic E-state index is 5.61. The predicted octanol–water partition coefficient (Wildman–Crippen LogP) is 1.20. The van der Waals surface area contributed by atoms with E-state index in [4.69, 9.17) is 15.3 Å². The Morgan fingerprint density at radius 3 is 2.81 bits per heavy atom. The summed E-state index contributed by atoms with van der Waals surface area (Å²) in [4.78, 5) is 0. The van der Waals surface area contributed by atoms with Crippen LogP contribution in [-0.2, 0) is 4.74 Å². The summed E-state index contributed by atoms with van der Waals surface area (Å²) in [7, 11) is 0. The first-order valence-corrected chi connectivity index (χ1v) is 5.37. The molecule has 4 nitrogen and oxygen atoms in total. The predicted molar refractivity (Wildman–Crippen MR) is 61.7 cm³/mol. The maximum Gasteiger partial charge on any atom is 0.119 e. The molecular formula is C12H16N2O2. The molecule has 0 amide bonds. The van der Waals surface area contributed by atoms with Crippen LogP contribution in [0, 0.1) is 0 Å². The monoisotopic (exact) mass is 220 g/mol. The minimum absolute atomic E-state index is 0.0808. The molecule has 0 aliphatic carbocycles. The highest BCUT2D eigenvalue weighted by Gasteiger charge is 2.17. The van der Waals surface area contributed by atoms with Crippen molar-refractivity contribution >= 4 is 0 Å². The van der Waals surface area contributed by atoms with Crippen molar-refractivity contribution in [3.63, 3.8) is 0 Å². The van der Waals surface area contributed by atoms with E-state index in [2.05, 4.69) is 5.43 Å². The molecule has 1 aromatic carbocycles. The fourth-order valence-electron chi connectivity index (χ4n) is 1.59. The van der Waals surface area contributed by atoms with E-state index in [1.165, 1.54) is 0 Å². The smallest absolute Gasteiger partial charge is 0.119 e. The van der Waals surface area contributed by atoms with Crippen LogP contribution in [0.25, 0.3) is 0 Å². The van der Waals surface area contributed by atoms with Crippen LogP contribution < -0.4 is 16.0 Å². The van der Waals surface area contributed by atoms with Gasteiger partial charge >= 0.3 is 0 Å². The molecule has 16 heavy (non-hydrogen) atoms. The lowest BCUT2D eigenvalue weighted by atomic mass is 10.2. The molecule has 0 aromatic heterocycles. The zero-order valence-corrected chi connectivity index (χ0v) is 9.06. The standard InChI is InChI=1S/C12H16N2O2/c13-14-11(12-7-4-8-15-12)9-16-10-5-2-1-3-6-10/h1-3,5-7,11,14H,4,8-9,13H2. The highest BCUT2D eigenvalue weighted by Crippen LogP contribution is 2.15. The van der Waals surface area contributed by atoms with Gasteiger partial charge in [-0.3, -0.25) is 5.84 Å². The third kappa shape index (κ3) is 2.74. The molecule has 0 radical (unpaired) electrons. The maximum absolute atomic E-state index is 5.61. The largest absolute Gasteiger partial charge is 0.496 e. The van der Waals surface area contributed by atoms with Crippen molar-refractivity contribution in [2.45, 2.75) is 12.5 Å². The molecule has 86 valence electrons. The van der Waals surface area contributed by atoms with E-state index in [1.54, 1.807) is 0 Å². The molecule has 1 atom stereocenters. The van der Waals surface area contributed by atoms with Crippen molar-refractivity contribution in [3.8, 4) is 5.75 Å². The summed E-state index contributed by atoms with van der Waals surface area (Å²) in [6.07, 6.45) is 2.98. The van der Waals surface area contributed by atoms with Gasteiger partial charge in [0.25, 0.3) is 0 Å². The lowest BCUT2D eigenvalue weighted by Crippen LogP contribution is -2.41. The average Bonchev–Trinajstić information content (AvgIpc) is 2.85. The lowest BCUT2D eigenvalue weighted by molar-refractivity contribution is 0.184. The van der Waals surface area contributed by atoms with Gasteiger partial charge < -0.3 is 9.47 Å². The zero-order chi connectivity index (χ0) is 11.2. The van der Waals surface area contributed by atoms with Crippen molar-refractivity contribution in [1.29, 1.82) is 0 Å². The van der Waals surface area contributed by atoms with E-state index in [0.717, 1.165) is 24.5 Å². The van der Waals surface area contributed by atoms with Crippen LogP contribution in [0.4, 0.5) is 0 Å². The summed E-state index contributed by atoms with van der Waals surface area (Å²) in [5.41, 5.74) is 2.70. The first kappa shape index (κ1) is 11.0. The summed E-state index contributed by atoms with van der Waals surface area (Å²) in [6, 6.07) is 9.57. The Balaban J connectivity index is 1.88. The highest BCUT2D eigenvalue weighted by molar-refractivity contribution is 5.21. The molecule has 1 aliphatic rings. The summed E-state index contributed by atoms with van der Waals surface area (Å²) in [6.45, 7) is 1.20. The molecule has 1 heterocycles. The van der Waals surface area contributed by atoms with Gasteiger partial charge in [-0.05, 0) is 18.2 Å². The second-order valence-corrected chi connectivity index (χ2v) is 3.59. The van der Waals surface area contributed by atoms with E-state index < -0.39 is 0 Å². The number of hydrazine groups is 1. The Hall–Kier alpha value is -1.52. The Labute approximate surface area is 95.0 Å². The van der Waals surface area contributed by atoms with Crippen LogP contribution in [-0.4, -0.2) is 19.3 Å². The molecule has 4 heteroatoms. The number of hydrogen-bond acceptors (Lipinski definition) is 4. The van der Waals surface area contributed by atoms with Gasteiger partial charge in [0.1, 0.15) is 24.2 Å². The Morgan fingerprint density at radius 1 is 1.38 bits per heavy atom. The third-order valence-corrected chi connectivity index (χ3v) is 2.44. The van der Waals surface area contributed by atoms with Crippen LogP contribution in [0.15, 0.2) is 42.2 Å². The number of nitrogens with one attached hydrogen (secondary N) is 1. The Morgan fingerprint density at radius 2 is 2.19 bits per heavy atom. The van der Waals surface area contributed by atoms with Crippen molar-refractivity contribution in [2.24, 2.45) is 5.84 Å². The number of rotatable bonds is 5. The molecule has 0 saturated heterocycles. The zero-order valence-electron chi connectivity index (χ0n) is 9.06. The van der Waals surface area contributed by atoms with Crippen molar-refractivity contribution in [1.82, 2.24) is 5.43 Å². The molecule has 1 aromatic rings. The SMILES string of the molecule is NNC(COc1ccccc1)C1=CCCO1. The number of nitrogens with two attached hydrogens (primary N) is 1. The normalized spacial score (nSPS) is 16.4. The Bertz CT molecular complexity index is 351. The van der Waals surface area contributed by atoms with Gasteiger partial charge in [0, 0.05) is 6.42 Å². The number of ether oxygens (including phenoxy) is 2. The first-order chi connectivity index (χ1) is 7.90. The Kier molecular flexibility index (Phi) is 3.80. The number of benzene rings is 1. The van der Waals surface area contributed by atoms with Crippen LogP contribution in [0.2, 0.25) is 0 Å². The lowest BCUT2D eigenvalue weighted by Gasteiger charge is -2.17. The second kappa shape index (κ2) is 5.53. The summed E-state index contributed by atoms with van der Waals surface area (Å²) in [5, 5.41) is 0. The first-order valence-electron chi connectivity index (χ1n) is 5.37. The number of para-hydroxylation sites is 1. The molecule has 1 unspecified atom stereocenters. The fraction of sp³-hybridized carbons (Fsp3) is 0.333. The molecule has 1 aliphatic heterocycles. The fourth-order valence-corrected chi connectivity index (χ4v) is 1.59. The number of hydrogen-bond donors (Lipinski definition) is 2. The molecule has 0 saturated carbocycles. The van der Waals surface area contributed by atoms with Gasteiger partial charge in [0.2, 0.25) is 0 Å². The van der Waals surface area contributed by atoms with Gasteiger partial charge in [-0.2, -0.15) is 0 Å². The van der Waals surface area contributed by atoms with Crippen molar-refractivity contribution in [2.75, 3.05) is 13.2 Å². The van der Waals surface area contributed by atoms with Gasteiger partial charge in [-0.25, -0.2) is 5.43 Å². The van der Waals surface area contributed by atoms with Gasteiger partial charge in [-0.1, -0.05) is 18.2 Å². The quantitative estimate of drug-likeness (QED) is 0.578. The second-order valence-electron chi connectivity index (χ2n) is 3.59. The van der Waals surface area contributed by atoms with Gasteiger partial charge in [0.15, 0.2) is 0 Å². The summed E-state index contributed by atoms with van der Waals surface area (Å²) in [5.74, 6) is 7.17. The van der Waals surface area contributed by atoms with Gasteiger partial charge in [0.05, 0.1) is 6.61 Å². The van der Waals surface area contributed by atoms with Crippen LogP contribution in [0.1, 0.15) is 6.42 Å². The summed E-state index contributed by atoms with van der Waals surface area (Å²) >= 11 is 0. The molecule has 3 N–H and O–H groups in total. The van der Waals surface area contributed by atoms with E-state index in [9.17, 15) is 0 Å². The molecule has 0 bridgehead atoms. The molecule has 0 fully saturated rings. The average molecular weight is 220 g/mol. The molecular weight excluding hydrogens is 204 g/mol. The van der Waals surface area contributed by atoms with Crippen LogP contribution >= 0.6 is 0 Å². The van der Waals surface area contributed by atoms with Gasteiger partial charge in [-0.15, -0.1) is 0 Å². The van der Waals surface area contributed by atoms with Crippen LogP contribution in [0.5, 0.6) is 5.75 Å². The van der Waals surface area contributed by atoms with E-state index in [-0.39, 0.29) is 6.04 Å². The third-order valence-electron chi connectivity index (χ3n) is 2.44. The summed E-state index contributed by atoms with van der Waals surface area (Å²) < 4.78 is 11.0. The highest BCUT2D eigenvalue weighted by atomic mass is 16.5. The minimum Gasteiger partial charge on any atom is -0.496 e. The molecule has 2 rings (SSSR count). The molecule has 0 spiro atoms. The van der Waals surface area contributed by atoms with Crippen molar-refractivity contribution in [3.05, 3.63) is 42.2 Å². The van der Waals surface area contributed by atoms with E-state index in [0.29, 0.717) is 6.61 Å². The van der Waals surface area contributed by atoms with E-state index >= 15 is 0 Å². The van der Waals surface area contributed by atoms with Crippen LogP contribution in [0.3, 0.4) is 0 Å². The van der Waals surface area contributed by atoms with E-state index in [1.807, 2.05) is 36.4 Å². The minimum atomic E-state index is -0.0808.